The normalized spacial score (nSPS) is 24.8. The fourth-order valence-electron chi connectivity index (χ4n) is 3.57. The van der Waals surface area contributed by atoms with Gasteiger partial charge in [0.05, 0.1) is 18.4 Å². The summed E-state index contributed by atoms with van der Waals surface area (Å²) in [5.41, 5.74) is -1.20. The zero-order chi connectivity index (χ0) is 24.6. The molecule has 0 saturated carbocycles. The molecule has 34 heavy (non-hydrogen) atoms. The lowest BCUT2D eigenvalue weighted by atomic mass is 9.97. The minimum absolute atomic E-state index is 0.0188. The number of rotatable bonds is 6. The smallest absolute Gasteiger partial charge is 0.335 e. The van der Waals surface area contributed by atoms with Gasteiger partial charge in [0, 0.05) is 10.5 Å². The molecule has 13 heteroatoms. The van der Waals surface area contributed by atoms with Crippen LogP contribution in [0.4, 0.5) is 13.2 Å². The Kier molecular flexibility index (Phi) is 6.91. The molecule has 1 aliphatic rings. The van der Waals surface area contributed by atoms with Crippen LogP contribution in [-0.4, -0.2) is 71.7 Å². The van der Waals surface area contributed by atoms with Crippen molar-refractivity contribution in [2.75, 3.05) is 6.61 Å². The van der Waals surface area contributed by atoms with Crippen molar-refractivity contribution in [1.82, 2.24) is 15.0 Å². The molecule has 9 nitrogen and oxygen atoms in total. The monoisotopic (exact) mass is 497 g/mol. The highest BCUT2D eigenvalue weighted by Crippen LogP contribution is 2.38. The Hall–Kier alpha value is -2.97. The topological polar surface area (TPSA) is 138 Å². The summed E-state index contributed by atoms with van der Waals surface area (Å²) in [4.78, 5) is 11.7. The quantitative estimate of drug-likeness (QED) is 0.376. The maximum absolute atomic E-state index is 13.6. The molecule has 4 rings (SSSR count). The van der Waals surface area contributed by atoms with Crippen LogP contribution in [0, 0.1) is 17.5 Å². The molecular weight excluding hydrogens is 479 g/mol. The van der Waals surface area contributed by atoms with Gasteiger partial charge in [0.2, 0.25) is 0 Å². The number of hydrogen-bond donors (Lipinski definition) is 4. The predicted molar refractivity (Wildman–Crippen MR) is 111 cm³/mol. The highest BCUT2D eigenvalue weighted by atomic mass is 32.2. The molecule has 1 aromatic heterocycles. The first-order valence-electron chi connectivity index (χ1n) is 9.88. The third-order valence-corrected chi connectivity index (χ3v) is 6.43. The van der Waals surface area contributed by atoms with Gasteiger partial charge in [0.25, 0.3) is 0 Å². The van der Waals surface area contributed by atoms with Crippen LogP contribution in [0.1, 0.15) is 16.4 Å². The van der Waals surface area contributed by atoms with Crippen molar-refractivity contribution in [1.29, 1.82) is 0 Å². The standard InChI is InChI=1S/C21H18F3N3O6S/c22-12-5-10(6-13(23)16(12)24)14-7-27(26-25-14)17-18(29)15(8-28)33-21(19(17)30)34-11-3-1-2-9(4-11)20(31)32/h1-7,15,17-19,21,28-30H,8H2,(H,31,32)/t15?,17?,18-,19-,21+/m0/s1. The van der Waals surface area contributed by atoms with Crippen LogP contribution in [-0.2, 0) is 4.74 Å². The Morgan fingerprint density at radius 2 is 1.82 bits per heavy atom. The maximum Gasteiger partial charge on any atom is 0.335 e. The Balaban J connectivity index is 1.63. The number of hydrogen-bond acceptors (Lipinski definition) is 8. The molecule has 1 saturated heterocycles. The fraction of sp³-hybridized carbons (Fsp3) is 0.286. The first kappa shape index (κ1) is 24.2. The van der Waals surface area contributed by atoms with Crippen molar-refractivity contribution >= 4 is 17.7 Å². The third-order valence-electron chi connectivity index (χ3n) is 5.28. The van der Waals surface area contributed by atoms with Crippen LogP contribution >= 0.6 is 11.8 Å². The second-order valence-electron chi connectivity index (χ2n) is 7.49. The number of benzene rings is 2. The van der Waals surface area contributed by atoms with Crippen molar-refractivity contribution in [2.24, 2.45) is 0 Å². The van der Waals surface area contributed by atoms with Crippen molar-refractivity contribution in [2.45, 2.75) is 34.7 Å². The van der Waals surface area contributed by atoms with Gasteiger partial charge < -0.3 is 25.2 Å². The number of nitrogens with zero attached hydrogens (tertiary/aromatic N) is 3. The molecular formula is C21H18F3N3O6S. The molecule has 0 amide bonds. The summed E-state index contributed by atoms with van der Waals surface area (Å²) >= 11 is 0.972. The molecule has 0 spiro atoms. The molecule has 3 aromatic rings. The van der Waals surface area contributed by atoms with Crippen LogP contribution in [0.25, 0.3) is 11.3 Å². The minimum Gasteiger partial charge on any atom is -0.478 e. The molecule has 2 unspecified atom stereocenters. The summed E-state index contributed by atoms with van der Waals surface area (Å²) in [6, 6.07) is 6.16. The van der Waals surface area contributed by atoms with E-state index in [2.05, 4.69) is 10.3 Å². The molecule has 1 aliphatic heterocycles. The maximum atomic E-state index is 13.6. The van der Waals surface area contributed by atoms with Gasteiger partial charge in [0.1, 0.15) is 35.5 Å². The number of aromatic nitrogens is 3. The number of aliphatic hydroxyl groups excluding tert-OH is 3. The van der Waals surface area contributed by atoms with E-state index in [0.717, 1.165) is 28.6 Å². The lowest BCUT2D eigenvalue weighted by Crippen LogP contribution is -2.55. The Morgan fingerprint density at radius 1 is 1.12 bits per heavy atom. The van der Waals surface area contributed by atoms with Crippen LogP contribution < -0.4 is 0 Å². The number of carboxylic acids is 1. The van der Waals surface area contributed by atoms with E-state index in [0.29, 0.717) is 4.90 Å². The first-order valence-corrected chi connectivity index (χ1v) is 10.8. The summed E-state index contributed by atoms with van der Waals surface area (Å²) in [5.74, 6) is -5.62. The van der Waals surface area contributed by atoms with Gasteiger partial charge in [-0.05, 0) is 30.3 Å². The number of carboxylic acid groups (broad SMARTS) is 1. The van der Waals surface area contributed by atoms with Crippen molar-refractivity contribution in [3.05, 3.63) is 65.6 Å². The Morgan fingerprint density at radius 3 is 2.47 bits per heavy atom. The number of carbonyl (C=O) groups is 1. The fourth-order valence-corrected chi connectivity index (χ4v) is 4.69. The first-order chi connectivity index (χ1) is 16.2. The van der Waals surface area contributed by atoms with Gasteiger partial charge >= 0.3 is 5.97 Å². The summed E-state index contributed by atoms with van der Waals surface area (Å²) in [5, 5.41) is 48.1. The van der Waals surface area contributed by atoms with E-state index in [1.165, 1.54) is 24.4 Å². The average Bonchev–Trinajstić information content (AvgIpc) is 3.29. The van der Waals surface area contributed by atoms with Gasteiger partial charge in [-0.1, -0.05) is 23.0 Å². The largest absolute Gasteiger partial charge is 0.478 e. The number of aliphatic hydroxyl groups is 3. The second-order valence-corrected chi connectivity index (χ2v) is 8.66. The van der Waals surface area contributed by atoms with E-state index in [9.17, 15) is 38.4 Å². The van der Waals surface area contributed by atoms with Crippen LogP contribution in [0.3, 0.4) is 0 Å². The van der Waals surface area contributed by atoms with Gasteiger partial charge in [-0.3, -0.25) is 0 Å². The molecule has 4 N–H and O–H groups in total. The van der Waals surface area contributed by atoms with Gasteiger partial charge in [0.15, 0.2) is 17.5 Å². The van der Waals surface area contributed by atoms with Crippen molar-refractivity contribution in [3.63, 3.8) is 0 Å². The molecule has 0 bridgehead atoms. The van der Waals surface area contributed by atoms with E-state index in [-0.39, 0.29) is 16.8 Å². The average molecular weight is 497 g/mol. The SMILES string of the molecule is O=C(O)c1cccc(S[C@H]2OC(CO)[C@H](O)C(n3cc(-c4cc(F)c(F)c(F)c4)nn3)[C@@H]2O)c1. The van der Waals surface area contributed by atoms with E-state index < -0.39 is 59.8 Å². The van der Waals surface area contributed by atoms with E-state index in [1.54, 1.807) is 6.07 Å². The molecule has 5 atom stereocenters. The Labute approximate surface area is 194 Å². The summed E-state index contributed by atoms with van der Waals surface area (Å²) in [7, 11) is 0. The highest BCUT2D eigenvalue weighted by Gasteiger charge is 2.46. The van der Waals surface area contributed by atoms with E-state index in [1.807, 2.05) is 0 Å². The molecule has 2 heterocycles. The predicted octanol–water partition coefficient (Wildman–Crippen LogP) is 1.83. The zero-order valence-corrected chi connectivity index (χ0v) is 17.9. The van der Waals surface area contributed by atoms with E-state index in [4.69, 9.17) is 4.74 Å². The highest BCUT2D eigenvalue weighted by molar-refractivity contribution is 7.99. The number of thioether (sulfide) groups is 1. The summed E-state index contributed by atoms with van der Waals surface area (Å²) in [6.45, 7) is -0.605. The van der Waals surface area contributed by atoms with Crippen molar-refractivity contribution in [3.8, 4) is 11.3 Å². The van der Waals surface area contributed by atoms with Gasteiger partial charge in [-0.2, -0.15) is 0 Å². The molecule has 1 fully saturated rings. The van der Waals surface area contributed by atoms with Crippen LogP contribution in [0.5, 0.6) is 0 Å². The molecule has 0 aliphatic carbocycles. The number of halogens is 3. The van der Waals surface area contributed by atoms with E-state index >= 15 is 0 Å². The lowest BCUT2D eigenvalue weighted by Gasteiger charge is -2.41. The van der Waals surface area contributed by atoms with Crippen LogP contribution in [0.2, 0.25) is 0 Å². The van der Waals surface area contributed by atoms with Crippen molar-refractivity contribution < 1.29 is 43.1 Å². The number of aromatic carboxylic acids is 1. The van der Waals surface area contributed by atoms with Gasteiger partial charge in [-0.15, -0.1) is 5.10 Å². The van der Waals surface area contributed by atoms with Crippen LogP contribution in [0.15, 0.2) is 47.5 Å². The minimum atomic E-state index is -1.64. The number of ether oxygens (including phenoxy) is 1. The summed E-state index contributed by atoms with van der Waals surface area (Å²) < 4.78 is 47.2. The molecule has 0 radical (unpaired) electrons. The van der Waals surface area contributed by atoms with Gasteiger partial charge in [-0.25, -0.2) is 22.6 Å². The lowest BCUT2D eigenvalue weighted by molar-refractivity contribution is -0.178. The molecule has 2 aromatic carbocycles. The third kappa shape index (κ3) is 4.65. The Bertz CT molecular complexity index is 1190. The summed E-state index contributed by atoms with van der Waals surface area (Å²) in [6.07, 6.45) is -2.80. The zero-order valence-electron chi connectivity index (χ0n) is 17.1. The molecule has 180 valence electrons. The second kappa shape index (κ2) is 9.72.